The van der Waals surface area contributed by atoms with E-state index in [2.05, 4.69) is 10.3 Å². The van der Waals surface area contributed by atoms with Crippen LogP contribution in [0.3, 0.4) is 0 Å². The molecule has 1 heterocycles. The fourth-order valence-electron chi connectivity index (χ4n) is 2.08. The first-order valence-electron chi connectivity index (χ1n) is 6.33. The van der Waals surface area contributed by atoms with Gasteiger partial charge in [0.1, 0.15) is 5.52 Å². The van der Waals surface area contributed by atoms with Crippen LogP contribution in [0.1, 0.15) is 0 Å². The van der Waals surface area contributed by atoms with Crippen LogP contribution in [0.15, 0.2) is 46.9 Å². The molecule has 0 saturated carbocycles. The number of rotatable bonds is 3. The van der Waals surface area contributed by atoms with Gasteiger partial charge in [0.05, 0.1) is 11.4 Å². The molecule has 0 bridgehead atoms. The second-order valence-electron chi connectivity index (χ2n) is 4.78. The zero-order valence-corrected chi connectivity index (χ0v) is 11.4. The van der Waals surface area contributed by atoms with Gasteiger partial charge in [0, 0.05) is 19.8 Å². The van der Waals surface area contributed by atoms with Crippen LogP contribution in [-0.2, 0) is 0 Å². The molecule has 1 aromatic heterocycles. The van der Waals surface area contributed by atoms with Gasteiger partial charge in [-0.1, -0.05) is 12.1 Å². The third-order valence-corrected chi connectivity index (χ3v) is 3.04. The second-order valence-corrected chi connectivity index (χ2v) is 4.78. The van der Waals surface area contributed by atoms with Crippen molar-refractivity contribution in [2.45, 2.75) is 0 Å². The Balaban J connectivity index is 1.97. The largest absolute Gasteiger partial charge is 0.423 e. The summed E-state index contributed by atoms with van der Waals surface area (Å²) in [5.41, 5.74) is 9.88. The summed E-state index contributed by atoms with van der Waals surface area (Å²) in [5.74, 6) is 0. The Bertz CT molecular complexity index is 748. The molecule has 2 aromatic carbocycles. The topological polar surface area (TPSA) is 67.3 Å². The third-order valence-electron chi connectivity index (χ3n) is 3.04. The van der Waals surface area contributed by atoms with Gasteiger partial charge < -0.3 is 20.4 Å². The summed E-state index contributed by atoms with van der Waals surface area (Å²) in [4.78, 5) is 6.42. The molecule has 0 saturated heterocycles. The first kappa shape index (κ1) is 12.3. The zero-order valence-electron chi connectivity index (χ0n) is 11.4. The van der Waals surface area contributed by atoms with Gasteiger partial charge in [0.15, 0.2) is 5.58 Å². The number of para-hydroxylation sites is 2. The highest BCUT2D eigenvalue weighted by atomic mass is 16.4. The van der Waals surface area contributed by atoms with E-state index >= 15 is 0 Å². The fourth-order valence-corrected chi connectivity index (χ4v) is 2.08. The number of aromatic nitrogens is 1. The summed E-state index contributed by atoms with van der Waals surface area (Å²) in [7, 11) is 3.99. The molecular weight excluding hydrogens is 252 g/mol. The van der Waals surface area contributed by atoms with E-state index in [1.807, 2.05) is 49.3 Å². The summed E-state index contributed by atoms with van der Waals surface area (Å²) in [6.07, 6.45) is 0. The van der Waals surface area contributed by atoms with Gasteiger partial charge in [-0.25, -0.2) is 0 Å². The molecular formula is C15H16N4O. The molecule has 0 unspecified atom stereocenters. The molecule has 0 fully saturated rings. The molecule has 0 radical (unpaired) electrons. The number of hydrogen-bond acceptors (Lipinski definition) is 5. The second kappa shape index (κ2) is 4.77. The van der Waals surface area contributed by atoms with Crippen LogP contribution in [0.4, 0.5) is 23.1 Å². The van der Waals surface area contributed by atoms with Gasteiger partial charge in [-0.2, -0.15) is 4.98 Å². The lowest BCUT2D eigenvalue weighted by Gasteiger charge is -2.16. The highest BCUT2D eigenvalue weighted by molar-refractivity contribution is 5.80. The maximum Gasteiger partial charge on any atom is 0.300 e. The summed E-state index contributed by atoms with van der Waals surface area (Å²) >= 11 is 0. The van der Waals surface area contributed by atoms with E-state index < -0.39 is 0 Å². The molecule has 0 spiro atoms. The van der Waals surface area contributed by atoms with Crippen LogP contribution in [0.2, 0.25) is 0 Å². The molecule has 102 valence electrons. The van der Waals surface area contributed by atoms with Gasteiger partial charge in [-0.05, 0) is 30.3 Å². The number of benzene rings is 2. The fraction of sp³-hybridized carbons (Fsp3) is 0.133. The van der Waals surface area contributed by atoms with Crippen LogP contribution in [0.25, 0.3) is 11.1 Å². The Kier molecular flexibility index (Phi) is 2.95. The first-order chi connectivity index (χ1) is 9.63. The normalized spacial score (nSPS) is 10.7. The molecule has 20 heavy (non-hydrogen) atoms. The van der Waals surface area contributed by atoms with Crippen molar-refractivity contribution in [3.05, 3.63) is 42.5 Å². The summed E-state index contributed by atoms with van der Waals surface area (Å²) in [6, 6.07) is 13.8. The number of hydrogen-bond donors (Lipinski definition) is 2. The lowest BCUT2D eigenvalue weighted by Crippen LogP contribution is -2.10. The van der Waals surface area contributed by atoms with Crippen LogP contribution in [0, 0.1) is 0 Å². The molecule has 3 N–H and O–H groups in total. The quantitative estimate of drug-likeness (QED) is 0.714. The van der Waals surface area contributed by atoms with E-state index in [9.17, 15) is 0 Å². The van der Waals surface area contributed by atoms with Crippen molar-refractivity contribution in [2.24, 2.45) is 0 Å². The first-order valence-corrected chi connectivity index (χ1v) is 6.33. The third kappa shape index (κ3) is 2.25. The number of nitrogens with zero attached hydrogens (tertiary/aromatic N) is 2. The van der Waals surface area contributed by atoms with E-state index in [0.29, 0.717) is 17.3 Å². The average molecular weight is 268 g/mol. The van der Waals surface area contributed by atoms with Crippen molar-refractivity contribution >= 4 is 34.2 Å². The van der Waals surface area contributed by atoms with Crippen molar-refractivity contribution < 1.29 is 4.42 Å². The van der Waals surface area contributed by atoms with Crippen LogP contribution in [0.5, 0.6) is 0 Å². The molecule has 0 atom stereocenters. The number of nitrogen functional groups attached to an aromatic ring is 1. The van der Waals surface area contributed by atoms with Crippen molar-refractivity contribution in [1.29, 1.82) is 0 Å². The number of nitrogens with two attached hydrogens (primary N) is 1. The van der Waals surface area contributed by atoms with E-state index in [0.717, 1.165) is 16.9 Å². The van der Waals surface area contributed by atoms with Gasteiger partial charge in [-0.15, -0.1) is 0 Å². The number of anilines is 4. The molecule has 0 aliphatic rings. The van der Waals surface area contributed by atoms with Crippen molar-refractivity contribution in [2.75, 3.05) is 30.0 Å². The molecule has 3 aromatic rings. The Hall–Kier alpha value is -2.69. The smallest absolute Gasteiger partial charge is 0.300 e. The Labute approximate surface area is 117 Å². The van der Waals surface area contributed by atoms with E-state index in [1.165, 1.54) is 0 Å². The van der Waals surface area contributed by atoms with Crippen LogP contribution in [-0.4, -0.2) is 19.1 Å². The van der Waals surface area contributed by atoms with Gasteiger partial charge in [0.2, 0.25) is 0 Å². The predicted octanol–water partition coefficient (Wildman–Crippen LogP) is 3.22. The minimum Gasteiger partial charge on any atom is -0.423 e. The van der Waals surface area contributed by atoms with Gasteiger partial charge >= 0.3 is 0 Å². The number of nitrogens with one attached hydrogen (secondary N) is 1. The van der Waals surface area contributed by atoms with Gasteiger partial charge in [0.25, 0.3) is 6.01 Å². The minimum atomic E-state index is 0.458. The van der Waals surface area contributed by atoms with Crippen LogP contribution >= 0.6 is 0 Å². The molecule has 5 nitrogen and oxygen atoms in total. The maximum absolute atomic E-state index is 5.74. The zero-order chi connectivity index (χ0) is 14.1. The number of oxazole rings is 1. The van der Waals surface area contributed by atoms with Crippen molar-refractivity contribution in [3.63, 3.8) is 0 Å². The molecule has 3 rings (SSSR count). The Morgan fingerprint density at radius 2 is 1.95 bits per heavy atom. The Morgan fingerprint density at radius 3 is 2.75 bits per heavy atom. The summed E-state index contributed by atoms with van der Waals surface area (Å²) < 4.78 is 5.67. The molecule has 0 amide bonds. The van der Waals surface area contributed by atoms with E-state index in [-0.39, 0.29) is 0 Å². The SMILES string of the molecule is CN(C)c1ccccc1Nc1nc2cc(N)ccc2o1. The predicted molar refractivity (Wildman–Crippen MR) is 82.5 cm³/mol. The summed E-state index contributed by atoms with van der Waals surface area (Å²) in [6.45, 7) is 0. The molecule has 0 aliphatic heterocycles. The van der Waals surface area contributed by atoms with E-state index in [4.69, 9.17) is 10.2 Å². The number of fused-ring (bicyclic) bond motifs is 1. The molecule has 5 heteroatoms. The van der Waals surface area contributed by atoms with Crippen LogP contribution < -0.4 is 16.0 Å². The lowest BCUT2D eigenvalue weighted by molar-refractivity contribution is 0.623. The summed E-state index contributed by atoms with van der Waals surface area (Å²) in [5, 5.41) is 3.20. The van der Waals surface area contributed by atoms with Crippen molar-refractivity contribution in [1.82, 2.24) is 4.98 Å². The molecule has 0 aliphatic carbocycles. The van der Waals surface area contributed by atoms with Gasteiger partial charge in [-0.3, -0.25) is 0 Å². The maximum atomic E-state index is 5.74. The van der Waals surface area contributed by atoms with Crippen molar-refractivity contribution in [3.8, 4) is 0 Å². The standard InChI is InChI=1S/C15H16N4O/c1-19(2)13-6-4-3-5-11(13)17-15-18-12-9-10(16)7-8-14(12)20-15/h3-9H,16H2,1-2H3,(H,17,18). The Morgan fingerprint density at radius 1 is 1.15 bits per heavy atom. The average Bonchev–Trinajstić information content (AvgIpc) is 2.80. The monoisotopic (exact) mass is 268 g/mol. The lowest BCUT2D eigenvalue weighted by atomic mass is 10.2. The highest BCUT2D eigenvalue weighted by Gasteiger charge is 2.09. The minimum absolute atomic E-state index is 0.458. The highest BCUT2D eigenvalue weighted by Crippen LogP contribution is 2.28. The van der Waals surface area contributed by atoms with E-state index in [1.54, 1.807) is 12.1 Å².